The first-order valence-electron chi connectivity index (χ1n) is 7.43. The Hall–Kier alpha value is -1.39. The van der Waals surface area contributed by atoms with E-state index in [4.69, 9.17) is 0 Å². The number of rotatable bonds is 10. The zero-order chi connectivity index (χ0) is 14.6. The van der Waals surface area contributed by atoms with Crippen LogP contribution < -0.4 is 16.0 Å². The zero-order valence-electron chi connectivity index (χ0n) is 12.6. The molecule has 0 atom stereocenters. The van der Waals surface area contributed by atoms with E-state index in [0.29, 0.717) is 0 Å². The number of amides is 1. The number of hydrogen-bond donors (Lipinski definition) is 3. The molecule has 0 aromatic heterocycles. The first-order chi connectivity index (χ1) is 9.77. The fourth-order valence-electron chi connectivity index (χ4n) is 2.20. The van der Waals surface area contributed by atoms with E-state index in [1.807, 2.05) is 44.4 Å². The van der Waals surface area contributed by atoms with Gasteiger partial charge >= 0.3 is 0 Å². The van der Waals surface area contributed by atoms with Crippen molar-refractivity contribution in [3.8, 4) is 0 Å². The van der Waals surface area contributed by atoms with Crippen molar-refractivity contribution in [2.24, 2.45) is 0 Å². The highest BCUT2D eigenvalue weighted by molar-refractivity contribution is 5.94. The highest BCUT2D eigenvalue weighted by Crippen LogP contribution is 2.07. The first kappa shape index (κ1) is 16.7. The van der Waals surface area contributed by atoms with Crippen molar-refractivity contribution in [2.45, 2.75) is 31.7 Å². The molecule has 112 valence electrons. The van der Waals surface area contributed by atoms with Crippen molar-refractivity contribution < 1.29 is 4.79 Å². The van der Waals surface area contributed by atoms with Crippen molar-refractivity contribution in [1.29, 1.82) is 0 Å². The monoisotopic (exact) mass is 277 g/mol. The molecule has 20 heavy (non-hydrogen) atoms. The van der Waals surface area contributed by atoms with E-state index in [1.54, 1.807) is 0 Å². The van der Waals surface area contributed by atoms with E-state index >= 15 is 0 Å². The molecule has 1 amide bonds. The second-order valence-electron chi connectivity index (χ2n) is 5.03. The smallest absolute Gasteiger partial charge is 0.251 e. The molecule has 4 heteroatoms. The van der Waals surface area contributed by atoms with Gasteiger partial charge in [0, 0.05) is 11.6 Å². The molecule has 0 spiro atoms. The van der Waals surface area contributed by atoms with Gasteiger partial charge < -0.3 is 16.0 Å². The first-order valence-corrected chi connectivity index (χ1v) is 7.43. The molecule has 0 bridgehead atoms. The molecule has 3 N–H and O–H groups in total. The van der Waals surface area contributed by atoms with Crippen LogP contribution in [0, 0.1) is 0 Å². The average Bonchev–Trinajstić information content (AvgIpc) is 2.48. The van der Waals surface area contributed by atoms with Gasteiger partial charge in [-0.15, -0.1) is 0 Å². The van der Waals surface area contributed by atoms with Gasteiger partial charge in [-0.05, 0) is 65.0 Å². The van der Waals surface area contributed by atoms with Crippen molar-refractivity contribution in [3.63, 3.8) is 0 Å². The van der Waals surface area contributed by atoms with Gasteiger partial charge in [-0.3, -0.25) is 4.79 Å². The van der Waals surface area contributed by atoms with Crippen LogP contribution in [0.3, 0.4) is 0 Å². The third kappa shape index (κ3) is 6.68. The Balaban J connectivity index is 2.47. The standard InChI is InChI=1S/C16H27N3O/c1-17-12-6-10-15(11-7-13-18-2)19-16(20)14-8-4-3-5-9-14/h3-5,8-9,15,17-18H,6-7,10-13H2,1-2H3,(H,19,20). The van der Waals surface area contributed by atoms with E-state index < -0.39 is 0 Å². The molecule has 0 unspecified atom stereocenters. The highest BCUT2D eigenvalue weighted by atomic mass is 16.1. The Bertz CT molecular complexity index is 357. The predicted molar refractivity (Wildman–Crippen MR) is 84.0 cm³/mol. The van der Waals surface area contributed by atoms with Gasteiger partial charge in [0.05, 0.1) is 0 Å². The molecule has 0 aliphatic carbocycles. The lowest BCUT2D eigenvalue weighted by molar-refractivity contribution is 0.0932. The Kier molecular flexibility index (Phi) is 8.67. The summed E-state index contributed by atoms with van der Waals surface area (Å²) in [7, 11) is 3.91. The molecular weight excluding hydrogens is 250 g/mol. The Morgan fingerprint density at radius 3 is 2.05 bits per heavy atom. The predicted octanol–water partition coefficient (Wildman–Crippen LogP) is 1.78. The quantitative estimate of drug-likeness (QED) is 0.572. The van der Waals surface area contributed by atoms with Gasteiger partial charge in [0.25, 0.3) is 5.91 Å². The number of nitrogens with one attached hydrogen (secondary N) is 3. The van der Waals surface area contributed by atoms with Gasteiger partial charge in [0.1, 0.15) is 0 Å². The minimum atomic E-state index is 0.0320. The second-order valence-corrected chi connectivity index (χ2v) is 5.03. The summed E-state index contributed by atoms with van der Waals surface area (Å²) < 4.78 is 0. The molecule has 0 saturated carbocycles. The number of hydrogen-bond acceptors (Lipinski definition) is 3. The zero-order valence-corrected chi connectivity index (χ0v) is 12.6. The topological polar surface area (TPSA) is 53.2 Å². The van der Waals surface area contributed by atoms with Gasteiger partial charge in [0.2, 0.25) is 0 Å². The molecule has 0 aliphatic heterocycles. The summed E-state index contributed by atoms with van der Waals surface area (Å²) in [6.07, 6.45) is 4.19. The summed E-state index contributed by atoms with van der Waals surface area (Å²) in [5, 5.41) is 9.46. The van der Waals surface area contributed by atoms with Crippen LogP contribution in [0.25, 0.3) is 0 Å². The van der Waals surface area contributed by atoms with E-state index in [1.165, 1.54) is 0 Å². The van der Waals surface area contributed by atoms with E-state index in [-0.39, 0.29) is 11.9 Å². The lowest BCUT2D eigenvalue weighted by Crippen LogP contribution is -2.35. The molecule has 0 radical (unpaired) electrons. The number of carbonyl (C=O) groups excluding carboxylic acids is 1. The Morgan fingerprint density at radius 2 is 1.55 bits per heavy atom. The van der Waals surface area contributed by atoms with E-state index in [9.17, 15) is 4.79 Å². The van der Waals surface area contributed by atoms with E-state index in [2.05, 4.69) is 16.0 Å². The van der Waals surface area contributed by atoms with Gasteiger partial charge in [0.15, 0.2) is 0 Å². The Labute approximate surface area is 122 Å². The molecular formula is C16H27N3O. The summed E-state index contributed by atoms with van der Waals surface area (Å²) >= 11 is 0. The minimum Gasteiger partial charge on any atom is -0.349 e. The molecule has 0 fully saturated rings. The van der Waals surface area contributed by atoms with E-state index in [0.717, 1.165) is 44.3 Å². The molecule has 0 saturated heterocycles. The summed E-state index contributed by atoms with van der Waals surface area (Å²) in [6.45, 7) is 1.98. The Morgan fingerprint density at radius 1 is 1.00 bits per heavy atom. The van der Waals surface area contributed by atoms with Crippen molar-refractivity contribution in [1.82, 2.24) is 16.0 Å². The number of benzene rings is 1. The van der Waals surface area contributed by atoms with Gasteiger partial charge in [-0.2, -0.15) is 0 Å². The lowest BCUT2D eigenvalue weighted by atomic mass is 10.0. The molecule has 1 aromatic rings. The summed E-state index contributed by atoms with van der Waals surface area (Å²) in [6, 6.07) is 9.68. The lowest BCUT2D eigenvalue weighted by Gasteiger charge is -2.19. The van der Waals surface area contributed by atoms with Crippen molar-refractivity contribution >= 4 is 5.91 Å². The van der Waals surface area contributed by atoms with Crippen LogP contribution in [0.4, 0.5) is 0 Å². The van der Waals surface area contributed by atoms with Gasteiger partial charge in [-0.1, -0.05) is 18.2 Å². The molecule has 0 aliphatic rings. The highest BCUT2D eigenvalue weighted by Gasteiger charge is 2.12. The third-order valence-corrected chi connectivity index (χ3v) is 3.33. The van der Waals surface area contributed by atoms with Crippen LogP contribution in [0.15, 0.2) is 30.3 Å². The third-order valence-electron chi connectivity index (χ3n) is 3.33. The van der Waals surface area contributed by atoms with Crippen LogP contribution in [0.2, 0.25) is 0 Å². The normalized spacial score (nSPS) is 10.8. The SMILES string of the molecule is CNCCCC(CCCNC)NC(=O)c1ccccc1. The molecule has 1 aromatic carbocycles. The van der Waals surface area contributed by atoms with Crippen LogP contribution in [-0.4, -0.2) is 39.1 Å². The maximum absolute atomic E-state index is 12.2. The minimum absolute atomic E-state index is 0.0320. The van der Waals surface area contributed by atoms with Crippen molar-refractivity contribution in [2.75, 3.05) is 27.2 Å². The molecule has 0 heterocycles. The van der Waals surface area contributed by atoms with Gasteiger partial charge in [-0.25, -0.2) is 0 Å². The average molecular weight is 277 g/mol. The molecule has 4 nitrogen and oxygen atoms in total. The second kappa shape index (κ2) is 10.4. The molecule has 1 rings (SSSR count). The summed E-state index contributed by atoms with van der Waals surface area (Å²) in [4.78, 5) is 12.2. The van der Waals surface area contributed by atoms with Crippen LogP contribution in [0.1, 0.15) is 36.0 Å². The fraction of sp³-hybridized carbons (Fsp3) is 0.562. The number of carbonyl (C=O) groups is 1. The maximum Gasteiger partial charge on any atom is 0.251 e. The van der Waals surface area contributed by atoms with Crippen LogP contribution >= 0.6 is 0 Å². The van der Waals surface area contributed by atoms with Crippen LogP contribution in [-0.2, 0) is 0 Å². The maximum atomic E-state index is 12.2. The van der Waals surface area contributed by atoms with Crippen LogP contribution in [0.5, 0.6) is 0 Å². The summed E-state index contributed by atoms with van der Waals surface area (Å²) in [5.41, 5.74) is 0.736. The van der Waals surface area contributed by atoms with Crippen molar-refractivity contribution in [3.05, 3.63) is 35.9 Å². The summed E-state index contributed by atoms with van der Waals surface area (Å²) in [5.74, 6) is 0.0320. The fourth-order valence-corrected chi connectivity index (χ4v) is 2.20. The largest absolute Gasteiger partial charge is 0.349 e.